The summed E-state index contributed by atoms with van der Waals surface area (Å²) >= 11 is 0. The van der Waals surface area contributed by atoms with E-state index in [1.54, 1.807) is 21.3 Å². The second kappa shape index (κ2) is 5.08. The van der Waals surface area contributed by atoms with Crippen molar-refractivity contribution in [3.8, 4) is 11.5 Å². The summed E-state index contributed by atoms with van der Waals surface area (Å²) in [7, 11) is 4.94. The van der Waals surface area contributed by atoms with Gasteiger partial charge in [0.2, 0.25) is 5.90 Å². The molecule has 0 saturated heterocycles. The molecule has 0 aliphatic heterocycles. The first-order chi connectivity index (χ1) is 8.28. The maximum absolute atomic E-state index is 5.79. The molecule has 1 aromatic carbocycles. The molecule has 0 atom stereocenters. The highest BCUT2D eigenvalue weighted by atomic mass is 16.5. The number of aliphatic imine (C=N–C) groups is 1. The minimum absolute atomic E-state index is 0.337. The highest BCUT2D eigenvalue weighted by Crippen LogP contribution is 2.34. The highest BCUT2D eigenvalue weighted by molar-refractivity contribution is 5.94. The van der Waals surface area contributed by atoms with Crippen LogP contribution in [-0.4, -0.2) is 33.3 Å². The first-order valence-electron chi connectivity index (χ1n) is 5.64. The van der Waals surface area contributed by atoms with Crippen LogP contribution in [0.3, 0.4) is 0 Å². The summed E-state index contributed by atoms with van der Waals surface area (Å²) in [6.45, 7) is 0. The Morgan fingerprint density at radius 2 is 2.00 bits per heavy atom. The molecule has 4 nitrogen and oxygen atoms in total. The van der Waals surface area contributed by atoms with Gasteiger partial charge < -0.3 is 14.2 Å². The summed E-state index contributed by atoms with van der Waals surface area (Å²) in [5.41, 5.74) is 0.895. The minimum Gasteiger partial charge on any atom is -0.493 e. The largest absolute Gasteiger partial charge is 0.493 e. The Kier molecular flexibility index (Phi) is 3.52. The molecule has 4 heteroatoms. The van der Waals surface area contributed by atoms with Gasteiger partial charge >= 0.3 is 0 Å². The lowest BCUT2D eigenvalue weighted by atomic mass is 10.2. The van der Waals surface area contributed by atoms with E-state index < -0.39 is 0 Å². The lowest BCUT2D eigenvalue weighted by molar-refractivity contribution is 0.282. The summed E-state index contributed by atoms with van der Waals surface area (Å²) in [5, 5.41) is 0. The maximum Gasteiger partial charge on any atom is 0.215 e. The van der Waals surface area contributed by atoms with Crippen LogP contribution in [0.5, 0.6) is 11.5 Å². The van der Waals surface area contributed by atoms with Crippen LogP contribution < -0.4 is 9.47 Å². The number of hydrogen-bond donors (Lipinski definition) is 0. The van der Waals surface area contributed by atoms with Crippen LogP contribution in [0.1, 0.15) is 18.4 Å². The molecule has 1 fully saturated rings. The lowest BCUT2D eigenvalue weighted by Crippen LogP contribution is -2.05. The predicted molar refractivity (Wildman–Crippen MR) is 66.1 cm³/mol. The summed E-state index contributed by atoms with van der Waals surface area (Å²) in [4.78, 5) is 4.07. The Morgan fingerprint density at radius 3 is 2.53 bits per heavy atom. The lowest BCUT2D eigenvalue weighted by Gasteiger charge is -2.12. The summed E-state index contributed by atoms with van der Waals surface area (Å²) in [6, 6.07) is 5.69. The standard InChI is InChI=1S/C13H17NO3/c1-14-13(16-3)9-4-7-11(15-2)12(8-9)17-10-5-6-10/h4,7-8,10H,5-6H2,1-3H3. The summed E-state index contributed by atoms with van der Waals surface area (Å²) in [6.07, 6.45) is 2.57. The van der Waals surface area contributed by atoms with Gasteiger partial charge in [-0.2, -0.15) is 0 Å². The van der Waals surface area contributed by atoms with Crippen LogP contribution in [0, 0.1) is 0 Å². The van der Waals surface area contributed by atoms with Gasteiger partial charge in [-0.1, -0.05) is 0 Å². The van der Waals surface area contributed by atoms with Gasteiger partial charge in [-0.3, -0.25) is 4.99 Å². The Morgan fingerprint density at radius 1 is 1.24 bits per heavy atom. The molecule has 0 bridgehead atoms. The van der Waals surface area contributed by atoms with E-state index >= 15 is 0 Å². The fourth-order valence-electron chi connectivity index (χ4n) is 1.61. The zero-order valence-electron chi connectivity index (χ0n) is 10.4. The van der Waals surface area contributed by atoms with Gasteiger partial charge in [0, 0.05) is 12.6 Å². The van der Waals surface area contributed by atoms with Gasteiger partial charge in [0.1, 0.15) is 0 Å². The fourth-order valence-corrected chi connectivity index (χ4v) is 1.61. The van der Waals surface area contributed by atoms with E-state index in [-0.39, 0.29) is 0 Å². The van der Waals surface area contributed by atoms with Crippen LogP contribution in [0.2, 0.25) is 0 Å². The Balaban J connectivity index is 2.29. The van der Waals surface area contributed by atoms with E-state index in [9.17, 15) is 0 Å². The van der Waals surface area contributed by atoms with E-state index in [4.69, 9.17) is 14.2 Å². The van der Waals surface area contributed by atoms with Crippen LogP contribution in [-0.2, 0) is 4.74 Å². The molecule has 1 aromatic rings. The van der Waals surface area contributed by atoms with E-state index in [0.29, 0.717) is 12.0 Å². The molecular formula is C13H17NO3. The van der Waals surface area contributed by atoms with Crippen molar-refractivity contribution in [1.29, 1.82) is 0 Å². The Bertz CT molecular complexity index is 425. The van der Waals surface area contributed by atoms with Gasteiger partial charge in [-0.15, -0.1) is 0 Å². The SMILES string of the molecule is CN=C(OC)c1ccc(OC)c(OC2CC2)c1. The Hall–Kier alpha value is -1.71. The van der Waals surface area contributed by atoms with E-state index in [0.717, 1.165) is 29.9 Å². The normalized spacial score (nSPS) is 15.6. The van der Waals surface area contributed by atoms with Crippen molar-refractivity contribution < 1.29 is 14.2 Å². The number of nitrogens with zero attached hydrogens (tertiary/aromatic N) is 1. The van der Waals surface area contributed by atoms with Crippen LogP contribution >= 0.6 is 0 Å². The van der Waals surface area contributed by atoms with Crippen LogP contribution in [0.15, 0.2) is 23.2 Å². The van der Waals surface area contributed by atoms with Crippen molar-refractivity contribution in [2.24, 2.45) is 4.99 Å². The van der Waals surface area contributed by atoms with Gasteiger partial charge in [0.15, 0.2) is 11.5 Å². The van der Waals surface area contributed by atoms with E-state index in [1.165, 1.54) is 0 Å². The first kappa shape index (κ1) is 11.8. The van der Waals surface area contributed by atoms with Crippen molar-refractivity contribution in [3.63, 3.8) is 0 Å². The molecule has 1 aliphatic rings. The number of benzene rings is 1. The van der Waals surface area contributed by atoms with Crippen molar-refractivity contribution >= 4 is 5.90 Å². The smallest absolute Gasteiger partial charge is 0.215 e. The molecule has 1 aliphatic carbocycles. The maximum atomic E-state index is 5.79. The molecule has 17 heavy (non-hydrogen) atoms. The van der Waals surface area contributed by atoms with Gasteiger partial charge in [-0.05, 0) is 31.0 Å². The third kappa shape index (κ3) is 2.70. The summed E-state index contributed by atoms with van der Waals surface area (Å²) in [5.74, 6) is 2.09. The van der Waals surface area contributed by atoms with Gasteiger partial charge in [0.25, 0.3) is 0 Å². The van der Waals surface area contributed by atoms with Crippen LogP contribution in [0.25, 0.3) is 0 Å². The molecule has 92 valence electrons. The third-order valence-electron chi connectivity index (χ3n) is 2.63. The van der Waals surface area contributed by atoms with Gasteiger partial charge in [-0.25, -0.2) is 0 Å². The zero-order valence-corrected chi connectivity index (χ0v) is 10.4. The van der Waals surface area contributed by atoms with Crippen molar-refractivity contribution in [2.45, 2.75) is 18.9 Å². The molecule has 2 rings (SSSR count). The monoisotopic (exact) mass is 235 g/mol. The van der Waals surface area contributed by atoms with E-state index in [2.05, 4.69) is 4.99 Å². The molecule has 0 N–H and O–H groups in total. The first-order valence-corrected chi connectivity index (χ1v) is 5.64. The van der Waals surface area contributed by atoms with Crippen molar-refractivity contribution in [1.82, 2.24) is 0 Å². The topological polar surface area (TPSA) is 40.0 Å². The van der Waals surface area contributed by atoms with E-state index in [1.807, 2.05) is 18.2 Å². The molecule has 0 radical (unpaired) electrons. The highest BCUT2D eigenvalue weighted by Gasteiger charge is 2.25. The minimum atomic E-state index is 0.337. The average Bonchev–Trinajstić information content (AvgIpc) is 3.15. The molecule has 0 unspecified atom stereocenters. The Labute approximate surface area is 101 Å². The molecule has 1 saturated carbocycles. The zero-order chi connectivity index (χ0) is 12.3. The summed E-state index contributed by atoms with van der Waals surface area (Å²) < 4.78 is 16.3. The number of hydrogen-bond acceptors (Lipinski definition) is 4. The molecule has 0 spiro atoms. The second-order valence-electron chi connectivity index (χ2n) is 3.92. The quantitative estimate of drug-likeness (QED) is 0.593. The molecular weight excluding hydrogens is 218 g/mol. The third-order valence-corrected chi connectivity index (χ3v) is 2.63. The van der Waals surface area contributed by atoms with Crippen LogP contribution in [0.4, 0.5) is 0 Å². The number of methoxy groups -OCH3 is 2. The second-order valence-corrected chi connectivity index (χ2v) is 3.92. The predicted octanol–water partition coefficient (Wildman–Crippen LogP) is 2.26. The van der Waals surface area contributed by atoms with Crippen molar-refractivity contribution in [3.05, 3.63) is 23.8 Å². The number of ether oxygens (including phenoxy) is 3. The number of rotatable bonds is 4. The molecule has 0 heterocycles. The average molecular weight is 235 g/mol. The molecule has 0 amide bonds. The fraction of sp³-hybridized carbons (Fsp3) is 0.462. The molecule has 0 aromatic heterocycles. The van der Waals surface area contributed by atoms with Crippen molar-refractivity contribution in [2.75, 3.05) is 21.3 Å². The van der Waals surface area contributed by atoms with Gasteiger partial charge in [0.05, 0.1) is 20.3 Å².